The maximum Gasteiger partial charge on any atom is 0.228 e. The zero-order valence-corrected chi connectivity index (χ0v) is 14.5. The van der Waals surface area contributed by atoms with Crippen LogP contribution in [0.3, 0.4) is 0 Å². The summed E-state index contributed by atoms with van der Waals surface area (Å²) >= 11 is 1.65. The molecule has 3 heterocycles. The summed E-state index contributed by atoms with van der Waals surface area (Å²) in [5, 5.41) is 3.12. The molecule has 3 rings (SSSR count). The molecule has 6 nitrogen and oxygen atoms in total. The Morgan fingerprint density at radius 3 is 2.39 bits per heavy atom. The third-order valence-electron chi connectivity index (χ3n) is 4.57. The van der Waals surface area contributed by atoms with Gasteiger partial charge in [-0.05, 0) is 25.9 Å². The molecule has 1 aromatic heterocycles. The average molecular weight is 336 g/mol. The Bertz CT molecular complexity index is 560. The fourth-order valence-electron chi connectivity index (χ4n) is 3.17. The van der Waals surface area contributed by atoms with Crippen LogP contribution in [0.2, 0.25) is 0 Å². The standard InChI is InChI=1S/C16H24N4O2S/c1-13(21)19-6-8-20(9-7-19)16(22)10-14-12-23-15(17-14)11-18-4-2-3-5-18/h12H,2-11H2,1H3. The highest BCUT2D eigenvalue weighted by atomic mass is 32.1. The lowest BCUT2D eigenvalue weighted by molar-refractivity contribution is -0.138. The second-order valence-electron chi connectivity index (χ2n) is 6.28. The van der Waals surface area contributed by atoms with Crippen LogP contribution in [-0.4, -0.2) is 70.8 Å². The molecule has 1 aromatic rings. The Morgan fingerprint density at radius 2 is 1.74 bits per heavy atom. The summed E-state index contributed by atoms with van der Waals surface area (Å²) in [6, 6.07) is 0. The molecule has 2 aliphatic heterocycles. The van der Waals surface area contributed by atoms with Gasteiger partial charge in [0.05, 0.1) is 18.7 Å². The monoisotopic (exact) mass is 336 g/mol. The predicted molar refractivity (Wildman–Crippen MR) is 89.2 cm³/mol. The van der Waals surface area contributed by atoms with Crippen molar-refractivity contribution in [1.29, 1.82) is 0 Å². The second kappa shape index (κ2) is 7.40. The topological polar surface area (TPSA) is 56.8 Å². The van der Waals surface area contributed by atoms with Crippen LogP contribution in [0.5, 0.6) is 0 Å². The van der Waals surface area contributed by atoms with E-state index in [2.05, 4.69) is 9.88 Å². The lowest BCUT2D eigenvalue weighted by Gasteiger charge is -2.34. The lowest BCUT2D eigenvalue weighted by atomic mass is 10.2. The van der Waals surface area contributed by atoms with Gasteiger partial charge in [-0.15, -0.1) is 11.3 Å². The van der Waals surface area contributed by atoms with Gasteiger partial charge in [-0.1, -0.05) is 0 Å². The minimum atomic E-state index is 0.0863. The number of carbonyl (C=O) groups is 2. The molecule has 0 saturated carbocycles. The van der Waals surface area contributed by atoms with Crippen molar-refractivity contribution in [2.45, 2.75) is 32.7 Å². The molecule has 0 bridgehead atoms. The molecular weight excluding hydrogens is 312 g/mol. The van der Waals surface area contributed by atoms with Crippen molar-refractivity contribution in [2.75, 3.05) is 39.3 Å². The molecule has 0 aliphatic carbocycles. The van der Waals surface area contributed by atoms with E-state index in [-0.39, 0.29) is 11.8 Å². The van der Waals surface area contributed by atoms with Crippen LogP contribution < -0.4 is 0 Å². The highest BCUT2D eigenvalue weighted by molar-refractivity contribution is 7.09. The number of nitrogens with zero attached hydrogens (tertiary/aromatic N) is 4. The lowest BCUT2D eigenvalue weighted by Crippen LogP contribution is -2.50. The fourth-order valence-corrected chi connectivity index (χ4v) is 4.01. The van der Waals surface area contributed by atoms with E-state index in [1.807, 2.05) is 10.3 Å². The fraction of sp³-hybridized carbons (Fsp3) is 0.688. The van der Waals surface area contributed by atoms with E-state index in [1.54, 1.807) is 23.2 Å². The van der Waals surface area contributed by atoms with Crippen molar-refractivity contribution in [3.63, 3.8) is 0 Å². The molecule has 2 aliphatic rings. The van der Waals surface area contributed by atoms with Crippen molar-refractivity contribution in [3.8, 4) is 0 Å². The first-order chi connectivity index (χ1) is 11.1. The molecule has 0 N–H and O–H groups in total. The quantitative estimate of drug-likeness (QED) is 0.822. The Kier molecular flexibility index (Phi) is 5.27. The largest absolute Gasteiger partial charge is 0.339 e. The van der Waals surface area contributed by atoms with Gasteiger partial charge in [0.2, 0.25) is 11.8 Å². The van der Waals surface area contributed by atoms with E-state index in [0.29, 0.717) is 32.6 Å². The summed E-state index contributed by atoms with van der Waals surface area (Å²) in [7, 11) is 0. The Morgan fingerprint density at radius 1 is 1.09 bits per heavy atom. The molecule has 2 saturated heterocycles. The van der Waals surface area contributed by atoms with E-state index in [0.717, 1.165) is 30.3 Å². The number of amides is 2. The van der Waals surface area contributed by atoms with Crippen LogP contribution in [0, 0.1) is 0 Å². The molecule has 0 radical (unpaired) electrons. The number of likely N-dealkylation sites (tertiary alicyclic amines) is 1. The van der Waals surface area contributed by atoms with Gasteiger partial charge in [-0.2, -0.15) is 0 Å². The smallest absolute Gasteiger partial charge is 0.228 e. The molecule has 0 unspecified atom stereocenters. The number of hydrogen-bond acceptors (Lipinski definition) is 5. The Labute approximate surface area is 141 Å². The molecular formula is C16H24N4O2S. The van der Waals surface area contributed by atoms with Gasteiger partial charge < -0.3 is 9.80 Å². The number of rotatable bonds is 4. The van der Waals surface area contributed by atoms with Gasteiger partial charge in [0.25, 0.3) is 0 Å². The van der Waals surface area contributed by atoms with Crippen LogP contribution in [0.25, 0.3) is 0 Å². The van der Waals surface area contributed by atoms with Crippen molar-refractivity contribution >= 4 is 23.2 Å². The molecule has 0 atom stereocenters. The summed E-state index contributed by atoms with van der Waals surface area (Å²) in [6.07, 6.45) is 2.93. The second-order valence-corrected chi connectivity index (χ2v) is 7.22. The van der Waals surface area contributed by atoms with Crippen LogP contribution >= 0.6 is 11.3 Å². The average Bonchev–Trinajstić information content (AvgIpc) is 3.20. The molecule has 7 heteroatoms. The predicted octanol–water partition coefficient (Wildman–Crippen LogP) is 0.972. The minimum absolute atomic E-state index is 0.0863. The maximum atomic E-state index is 12.4. The number of hydrogen-bond donors (Lipinski definition) is 0. The number of thiazole rings is 1. The zero-order valence-electron chi connectivity index (χ0n) is 13.7. The summed E-state index contributed by atoms with van der Waals surface area (Å²) in [5.41, 5.74) is 0.878. The molecule has 0 spiro atoms. The summed E-state index contributed by atoms with van der Waals surface area (Å²) in [4.78, 5) is 34.4. The van der Waals surface area contributed by atoms with Gasteiger partial charge in [-0.25, -0.2) is 4.98 Å². The minimum Gasteiger partial charge on any atom is -0.339 e. The molecule has 2 fully saturated rings. The van der Waals surface area contributed by atoms with Gasteiger partial charge in [0.15, 0.2) is 0 Å². The first-order valence-corrected chi connectivity index (χ1v) is 9.19. The van der Waals surface area contributed by atoms with E-state index < -0.39 is 0 Å². The van der Waals surface area contributed by atoms with Crippen molar-refractivity contribution in [2.24, 2.45) is 0 Å². The first-order valence-electron chi connectivity index (χ1n) is 8.31. The van der Waals surface area contributed by atoms with E-state index in [4.69, 9.17) is 0 Å². The third-order valence-corrected chi connectivity index (χ3v) is 5.45. The zero-order chi connectivity index (χ0) is 16.2. The van der Waals surface area contributed by atoms with Crippen molar-refractivity contribution in [1.82, 2.24) is 19.7 Å². The van der Waals surface area contributed by atoms with Gasteiger partial charge in [-0.3, -0.25) is 14.5 Å². The number of aromatic nitrogens is 1. The summed E-state index contributed by atoms with van der Waals surface area (Å²) in [5.74, 6) is 0.203. The maximum absolute atomic E-state index is 12.4. The van der Waals surface area contributed by atoms with E-state index >= 15 is 0 Å². The van der Waals surface area contributed by atoms with Crippen LogP contribution in [-0.2, 0) is 22.6 Å². The Balaban J connectivity index is 1.48. The SMILES string of the molecule is CC(=O)N1CCN(C(=O)Cc2csc(CN3CCCC3)n2)CC1. The highest BCUT2D eigenvalue weighted by Crippen LogP contribution is 2.17. The molecule has 2 amide bonds. The van der Waals surface area contributed by atoms with Crippen molar-refractivity contribution < 1.29 is 9.59 Å². The third kappa shape index (κ3) is 4.29. The van der Waals surface area contributed by atoms with Crippen molar-refractivity contribution in [3.05, 3.63) is 16.1 Å². The molecule has 0 aromatic carbocycles. The summed E-state index contributed by atoms with van der Waals surface area (Å²) < 4.78 is 0. The molecule has 23 heavy (non-hydrogen) atoms. The Hall–Kier alpha value is -1.47. The first kappa shape index (κ1) is 16.4. The number of carbonyl (C=O) groups excluding carboxylic acids is 2. The molecule has 126 valence electrons. The van der Waals surface area contributed by atoms with Crippen LogP contribution in [0.1, 0.15) is 30.5 Å². The van der Waals surface area contributed by atoms with Crippen LogP contribution in [0.15, 0.2) is 5.38 Å². The van der Waals surface area contributed by atoms with Crippen LogP contribution in [0.4, 0.5) is 0 Å². The van der Waals surface area contributed by atoms with Gasteiger partial charge in [0.1, 0.15) is 5.01 Å². The number of piperazine rings is 1. The van der Waals surface area contributed by atoms with E-state index in [9.17, 15) is 9.59 Å². The summed E-state index contributed by atoms with van der Waals surface area (Å²) in [6.45, 7) is 7.34. The normalized spacial score (nSPS) is 19.3. The van der Waals surface area contributed by atoms with Gasteiger partial charge >= 0.3 is 0 Å². The van der Waals surface area contributed by atoms with E-state index in [1.165, 1.54) is 12.8 Å². The van der Waals surface area contributed by atoms with Gasteiger partial charge in [0, 0.05) is 38.5 Å². The highest BCUT2D eigenvalue weighted by Gasteiger charge is 2.23.